The number of anilines is 1. The number of thioether (sulfide) groups is 1. The quantitative estimate of drug-likeness (QED) is 0.662. The summed E-state index contributed by atoms with van der Waals surface area (Å²) < 4.78 is 1.19. The number of benzene rings is 1. The zero-order chi connectivity index (χ0) is 12.3. The average Bonchev–Trinajstić information content (AvgIpc) is 2.69. The number of aromatic nitrogens is 1. The van der Waals surface area contributed by atoms with E-state index in [1.807, 2.05) is 24.5 Å². The van der Waals surface area contributed by atoms with Gasteiger partial charge in [-0.15, -0.1) is 0 Å². The largest absolute Gasteiger partial charge is 0.311 e. The fourth-order valence-corrected chi connectivity index (χ4v) is 2.83. The Balaban J connectivity index is 2.23. The molecule has 90 valence electrons. The Bertz CT molecular complexity index is 498. The van der Waals surface area contributed by atoms with Crippen molar-refractivity contribution in [2.45, 2.75) is 19.9 Å². The van der Waals surface area contributed by atoms with Crippen LogP contribution in [0.3, 0.4) is 0 Å². The van der Waals surface area contributed by atoms with Crippen LogP contribution in [0.25, 0.3) is 10.2 Å². The van der Waals surface area contributed by atoms with Crippen molar-refractivity contribution < 1.29 is 0 Å². The van der Waals surface area contributed by atoms with Crippen molar-refractivity contribution in [2.24, 2.45) is 4.99 Å². The summed E-state index contributed by atoms with van der Waals surface area (Å²) in [4.78, 5) is 9.02. The van der Waals surface area contributed by atoms with Crippen molar-refractivity contribution in [3.05, 3.63) is 24.3 Å². The third-order valence-electron chi connectivity index (χ3n) is 2.08. The van der Waals surface area contributed by atoms with E-state index in [0.717, 1.165) is 15.8 Å². The minimum absolute atomic E-state index is 0.291. The van der Waals surface area contributed by atoms with E-state index in [9.17, 15) is 0 Å². The van der Waals surface area contributed by atoms with E-state index in [1.165, 1.54) is 4.70 Å². The first-order chi connectivity index (χ1) is 8.19. The van der Waals surface area contributed by atoms with Gasteiger partial charge >= 0.3 is 0 Å². The molecule has 0 amide bonds. The first kappa shape index (κ1) is 12.4. The van der Waals surface area contributed by atoms with Gasteiger partial charge in [0.2, 0.25) is 0 Å². The molecule has 5 heteroatoms. The zero-order valence-corrected chi connectivity index (χ0v) is 11.7. The lowest BCUT2D eigenvalue weighted by molar-refractivity contribution is 0.839. The Kier molecular flexibility index (Phi) is 4.02. The number of hydrogen-bond donors (Lipinski definition) is 1. The second-order valence-electron chi connectivity index (χ2n) is 3.84. The van der Waals surface area contributed by atoms with Crippen LogP contribution in [0.1, 0.15) is 13.8 Å². The number of aliphatic imine (C=N–C) groups is 1. The summed E-state index contributed by atoms with van der Waals surface area (Å²) in [5.74, 6) is 0. The third kappa shape index (κ3) is 3.20. The molecule has 2 aromatic rings. The van der Waals surface area contributed by atoms with Gasteiger partial charge in [-0.25, -0.2) is 4.98 Å². The number of amidine groups is 1. The highest BCUT2D eigenvalue weighted by atomic mass is 32.2. The minimum atomic E-state index is 0.291. The lowest BCUT2D eigenvalue weighted by Crippen LogP contribution is -2.09. The fraction of sp³-hybridized carbons (Fsp3) is 0.333. The number of rotatable bonds is 2. The highest BCUT2D eigenvalue weighted by Crippen LogP contribution is 2.26. The summed E-state index contributed by atoms with van der Waals surface area (Å²) in [6, 6.07) is 8.43. The Labute approximate surface area is 109 Å². The lowest BCUT2D eigenvalue weighted by Gasteiger charge is -2.05. The van der Waals surface area contributed by atoms with Crippen LogP contribution >= 0.6 is 23.1 Å². The van der Waals surface area contributed by atoms with Crippen molar-refractivity contribution in [2.75, 3.05) is 11.6 Å². The van der Waals surface area contributed by atoms with Crippen LogP contribution < -0.4 is 5.32 Å². The van der Waals surface area contributed by atoms with E-state index in [-0.39, 0.29) is 0 Å². The fourth-order valence-electron chi connectivity index (χ4n) is 1.39. The third-order valence-corrected chi connectivity index (χ3v) is 3.62. The predicted octanol–water partition coefficient (Wildman–Crippen LogP) is 3.84. The molecule has 0 aliphatic carbocycles. The van der Waals surface area contributed by atoms with Gasteiger partial charge in [0, 0.05) is 6.04 Å². The van der Waals surface area contributed by atoms with Gasteiger partial charge < -0.3 is 5.32 Å². The zero-order valence-electron chi connectivity index (χ0n) is 10.1. The smallest absolute Gasteiger partial charge is 0.189 e. The molecule has 0 atom stereocenters. The average molecular weight is 265 g/mol. The summed E-state index contributed by atoms with van der Waals surface area (Å²) in [7, 11) is 0. The van der Waals surface area contributed by atoms with Gasteiger partial charge in [0.15, 0.2) is 10.3 Å². The van der Waals surface area contributed by atoms with Crippen molar-refractivity contribution in [1.29, 1.82) is 0 Å². The Morgan fingerprint density at radius 1 is 1.41 bits per heavy atom. The minimum Gasteiger partial charge on any atom is -0.311 e. The molecule has 1 heterocycles. The SMILES string of the molecule is CSC(=NC(C)C)Nc1nc2ccccc2s1. The molecule has 2 rings (SSSR count). The van der Waals surface area contributed by atoms with E-state index in [2.05, 4.69) is 35.2 Å². The van der Waals surface area contributed by atoms with Crippen molar-refractivity contribution in [3.8, 4) is 0 Å². The standard InChI is InChI=1S/C12H15N3S2/c1-8(2)13-11(16-3)15-12-14-9-6-4-5-7-10(9)17-12/h4-8H,1-3H3,(H,13,14,15). The van der Waals surface area contributed by atoms with Crippen LogP contribution in [-0.2, 0) is 0 Å². The molecular formula is C12H15N3S2. The van der Waals surface area contributed by atoms with Gasteiger partial charge in [0.25, 0.3) is 0 Å². The van der Waals surface area contributed by atoms with Crippen molar-refractivity contribution in [1.82, 2.24) is 4.98 Å². The number of thiazole rings is 1. The predicted molar refractivity (Wildman–Crippen MR) is 79.3 cm³/mol. The van der Waals surface area contributed by atoms with Crippen LogP contribution in [-0.4, -0.2) is 22.4 Å². The molecule has 3 nitrogen and oxygen atoms in total. The maximum Gasteiger partial charge on any atom is 0.189 e. The Hall–Kier alpha value is -1.07. The first-order valence-electron chi connectivity index (χ1n) is 5.43. The topological polar surface area (TPSA) is 37.3 Å². The van der Waals surface area contributed by atoms with E-state index >= 15 is 0 Å². The maximum atomic E-state index is 4.52. The molecule has 0 saturated heterocycles. The molecule has 0 aliphatic rings. The molecule has 17 heavy (non-hydrogen) atoms. The molecule has 0 spiro atoms. The summed E-state index contributed by atoms with van der Waals surface area (Å²) in [5, 5.41) is 5.09. The van der Waals surface area contributed by atoms with Gasteiger partial charge in [-0.05, 0) is 32.2 Å². The maximum absolute atomic E-state index is 4.52. The molecule has 1 N–H and O–H groups in total. The van der Waals surface area contributed by atoms with Gasteiger partial charge in [0.1, 0.15) is 0 Å². The van der Waals surface area contributed by atoms with Crippen LogP contribution in [0.2, 0.25) is 0 Å². The van der Waals surface area contributed by atoms with Crippen LogP contribution in [0.15, 0.2) is 29.3 Å². The normalized spacial score (nSPS) is 12.4. The van der Waals surface area contributed by atoms with Crippen LogP contribution in [0.5, 0.6) is 0 Å². The van der Waals surface area contributed by atoms with Gasteiger partial charge in [-0.2, -0.15) is 0 Å². The molecule has 0 radical (unpaired) electrons. The number of nitrogens with one attached hydrogen (secondary N) is 1. The van der Waals surface area contributed by atoms with E-state index in [0.29, 0.717) is 6.04 Å². The monoisotopic (exact) mass is 265 g/mol. The Morgan fingerprint density at radius 3 is 2.82 bits per heavy atom. The van der Waals surface area contributed by atoms with E-state index in [1.54, 1.807) is 23.1 Å². The van der Waals surface area contributed by atoms with E-state index < -0.39 is 0 Å². The summed E-state index contributed by atoms with van der Waals surface area (Å²) in [6.45, 7) is 4.13. The molecule has 0 unspecified atom stereocenters. The summed E-state index contributed by atoms with van der Waals surface area (Å²) in [5.41, 5.74) is 1.03. The highest BCUT2D eigenvalue weighted by Gasteiger charge is 2.05. The number of hydrogen-bond acceptors (Lipinski definition) is 4. The van der Waals surface area contributed by atoms with Gasteiger partial charge in [-0.1, -0.05) is 35.2 Å². The van der Waals surface area contributed by atoms with E-state index in [4.69, 9.17) is 0 Å². The molecular weight excluding hydrogens is 250 g/mol. The molecule has 1 aromatic carbocycles. The second kappa shape index (κ2) is 5.51. The molecule has 0 bridgehead atoms. The number of fused-ring (bicyclic) bond motifs is 1. The summed E-state index contributed by atoms with van der Waals surface area (Å²) in [6.07, 6.45) is 2.02. The Morgan fingerprint density at radius 2 is 2.18 bits per heavy atom. The van der Waals surface area contributed by atoms with Gasteiger partial charge in [0.05, 0.1) is 10.2 Å². The van der Waals surface area contributed by atoms with Crippen molar-refractivity contribution >= 4 is 43.6 Å². The van der Waals surface area contributed by atoms with Crippen LogP contribution in [0.4, 0.5) is 5.13 Å². The highest BCUT2D eigenvalue weighted by molar-refractivity contribution is 8.13. The lowest BCUT2D eigenvalue weighted by atomic mass is 10.3. The van der Waals surface area contributed by atoms with Gasteiger partial charge in [-0.3, -0.25) is 4.99 Å². The van der Waals surface area contributed by atoms with Crippen LogP contribution in [0, 0.1) is 0 Å². The molecule has 0 aliphatic heterocycles. The first-order valence-corrected chi connectivity index (χ1v) is 7.47. The number of nitrogens with zero attached hydrogens (tertiary/aromatic N) is 2. The summed E-state index contributed by atoms with van der Waals surface area (Å²) >= 11 is 3.26. The van der Waals surface area contributed by atoms with Crippen molar-refractivity contribution in [3.63, 3.8) is 0 Å². The molecule has 0 saturated carbocycles. The molecule has 1 aromatic heterocycles. The number of para-hydroxylation sites is 1. The molecule has 0 fully saturated rings. The second-order valence-corrected chi connectivity index (χ2v) is 5.67.